The molecule has 0 saturated heterocycles. The summed E-state index contributed by atoms with van der Waals surface area (Å²) < 4.78 is 5.51. The van der Waals surface area contributed by atoms with E-state index in [9.17, 15) is 0 Å². The van der Waals surface area contributed by atoms with Crippen molar-refractivity contribution in [3.8, 4) is 0 Å². The molecule has 0 aliphatic carbocycles. The van der Waals surface area contributed by atoms with Crippen molar-refractivity contribution in [3.05, 3.63) is 58.5 Å². The maximum absolute atomic E-state index is 5.51. The van der Waals surface area contributed by atoms with Gasteiger partial charge in [0, 0.05) is 6.54 Å². The minimum absolute atomic E-state index is 0.779. The van der Waals surface area contributed by atoms with E-state index in [4.69, 9.17) is 4.42 Å². The predicted octanol–water partition coefficient (Wildman–Crippen LogP) is 3.49. The van der Waals surface area contributed by atoms with Crippen LogP contribution < -0.4 is 5.32 Å². The van der Waals surface area contributed by atoms with Crippen LogP contribution in [0, 0.1) is 20.8 Å². The zero-order valence-electron chi connectivity index (χ0n) is 10.7. The lowest BCUT2D eigenvalue weighted by Crippen LogP contribution is -2.13. The van der Waals surface area contributed by atoms with Gasteiger partial charge in [-0.25, -0.2) is 0 Å². The first kappa shape index (κ1) is 11.9. The molecule has 1 aromatic carbocycles. The van der Waals surface area contributed by atoms with Crippen molar-refractivity contribution in [1.29, 1.82) is 0 Å². The van der Waals surface area contributed by atoms with Gasteiger partial charge < -0.3 is 9.73 Å². The van der Waals surface area contributed by atoms with Crippen molar-refractivity contribution in [1.82, 2.24) is 5.32 Å². The van der Waals surface area contributed by atoms with Crippen molar-refractivity contribution < 1.29 is 4.42 Å². The zero-order chi connectivity index (χ0) is 12.3. The minimum Gasteiger partial charge on any atom is -0.465 e. The fraction of sp³-hybridized carbons (Fsp3) is 0.333. The molecule has 0 aliphatic heterocycles. The molecule has 0 aliphatic rings. The maximum Gasteiger partial charge on any atom is 0.117 e. The highest BCUT2D eigenvalue weighted by Gasteiger charge is 2.01. The van der Waals surface area contributed by atoms with Crippen LogP contribution in [0.2, 0.25) is 0 Å². The number of hydrogen-bond acceptors (Lipinski definition) is 2. The summed E-state index contributed by atoms with van der Waals surface area (Å²) in [6.07, 6.45) is 0. The van der Waals surface area contributed by atoms with Crippen LogP contribution in [0.15, 0.2) is 34.7 Å². The van der Waals surface area contributed by atoms with E-state index >= 15 is 0 Å². The Morgan fingerprint density at radius 3 is 2.53 bits per heavy atom. The van der Waals surface area contributed by atoms with E-state index < -0.39 is 0 Å². The highest BCUT2D eigenvalue weighted by molar-refractivity contribution is 5.32. The lowest BCUT2D eigenvalue weighted by Gasteiger charge is -2.09. The third-order valence-corrected chi connectivity index (χ3v) is 3.13. The van der Waals surface area contributed by atoms with Gasteiger partial charge in [0.1, 0.15) is 11.5 Å². The number of furan rings is 1. The monoisotopic (exact) mass is 229 g/mol. The van der Waals surface area contributed by atoms with Gasteiger partial charge in [-0.15, -0.1) is 0 Å². The summed E-state index contributed by atoms with van der Waals surface area (Å²) in [5.41, 5.74) is 4.07. The van der Waals surface area contributed by atoms with Crippen molar-refractivity contribution in [2.45, 2.75) is 33.9 Å². The van der Waals surface area contributed by atoms with Crippen LogP contribution in [-0.2, 0) is 13.1 Å². The van der Waals surface area contributed by atoms with Gasteiger partial charge in [-0.05, 0) is 49.6 Å². The Balaban J connectivity index is 1.92. The first-order chi connectivity index (χ1) is 8.16. The van der Waals surface area contributed by atoms with Crippen molar-refractivity contribution in [3.63, 3.8) is 0 Å². The molecule has 0 saturated carbocycles. The molecule has 2 rings (SSSR count). The van der Waals surface area contributed by atoms with Gasteiger partial charge in [0.25, 0.3) is 0 Å². The largest absolute Gasteiger partial charge is 0.465 e. The average Bonchev–Trinajstić information content (AvgIpc) is 2.70. The predicted molar refractivity (Wildman–Crippen MR) is 69.9 cm³/mol. The second kappa shape index (κ2) is 5.19. The van der Waals surface area contributed by atoms with Gasteiger partial charge in [0.2, 0.25) is 0 Å². The summed E-state index contributed by atoms with van der Waals surface area (Å²) in [4.78, 5) is 0. The van der Waals surface area contributed by atoms with E-state index in [1.165, 1.54) is 16.7 Å². The summed E-state index contributed by atoms with van der Waals surface area (Å²) in [7, 11) is 0. The molecule has 0 bridgehead atoms. The molecule has 1 aromatic heterocycles. The summed E-state index contributed by atoms with van der Waals surface area (Å²) in [5.74, 6) is 1.96. The van der Waals surface area contributed by atoms with E-state index in [0.29, 0.717) is 0 Å². The van der Waals surface area contributed by atoms with Crippen LogP contribution >= 0.6 is 0 Å². The molecule has 0 fully saturated rings. The van der Waals surface area contributed by atoms with Gasteiger partial charge in [-0.1, -0.05) is 18.2 Å². The molecule has 2 aromatic rings. The highest BCUT2D eigenvalue weighted by Crippen LogP contribution is 2.12. The molecule has 1 N–H and O–H groups in total. The standard InChI is InChI=1S/C15H19NO/c1-11-5-4-6-14(13(11)3)9-16-10-15-8-7-12(2)17-15/h4-8,16H,9-10H2,1-3H3. The second-order valence-electron chi connectivity index (χ2n) is 4.47. The summed E-state index contributed by atoms with van der Waals surface area (Å²) >= 11 is 0. The second-order valence-corrected chi connectivity index (χ2v) is 4.47. The molecular weight excluding hydrogens is 210 g/mol. The van der Waals surface area contributed by atoms with Crippen LogP contribution in [0.5, 0.6) is 0 Å². The zero-order valence-corrected chi connectivity index (χ0v) is 10.7. The van der Waals surface area contributed by atoms with Crippen LogP contribution in [0.1, 0.15) is 28.2 Å². The molecule has 2 heteroatoms. The van der Waals surface area contributed by atoms with E-state index in [2.05, 4.69) is 37.4 Å². The molecule has 1 heterocycles. The Morgan fingerprint density at radius 1 is 1.00 bits per heavy atom. The average molecular weight is 229 g/mol. The van der Waals surface area contributed by atoms with E-state index in [0.717, 1.165) is 24.6 Å². The first-order valence-electron chi connectivity index (χ1n) is 5.98. The van der Waals surface area contributed by atoms with Gasteiger partial charge in [-0.3, -0.25) is 0 Å². The van der Waals surface area contributed by atoms with E-state index in [-0.39, 0.29) is 0 Å². The highest BCUT2D eigenvalue weighted by atomic mass is 16.3. The SMILES string of the molecule is Cc1ccc(CNCc2cccc(C)c2C)o1. The Kier molecular flexibility index (Phi) is 3.64. The van der Waals surface area contributed by atoms with Gasteiger partial charge in [0.05, 0.1) is 6.54 Å². The number of rotatable bonds is 4. The summed E-state index contributed by atoms with van der Waals surface area (Å²) in [6, 6.07) is 10.4. The first-order valence-corrected chi connectivity index (χ1v) is 5.98. The molecule has 0 atom stereocenters. The fourth-order valence-corrected chi connectivity index (χ4v) is 1.90. The Hall–Kier alpha value is -1.54. The topological polar surface area (TPSA) is 25.2 Å². The van der Waals surface area contributed by atoms with Crippen molar-refractivity contribution >= 4 is 0 Å². The smallest absolute Gasteiger partial charge is 0.117 e. The van der Waals surface area contributed by atoms with Crippen molar-refractivity contribution in [2.75, 3.05) is 0 Å². The van der Waals surface area contributed by atoms with Gasteiger partial charge in [0.15, 0.2) is 0 Å². The number of nitrogens with one attached hydrogen (secondary N) is 1. The van der Waals surface area contributed by atoms with Gasteiger partial charge >= 0.3 is 0 Å². The van der Waals surface area contributed by atoms with E-state index in [1.807, 2.05) is 19.1 Å². The van der Waals surface area contributed by atoms with Crippen LogP contribution in [0.25, 0.3) is 0 Å². The van der Waals surface area contributed by atoms with Gasteiger partial charge in [-0.2, -0.15) is 0 Å². The Morgan fingerprint density at radius 2 is 1.82 bits per heavy atom. The lowest BCUT2D eigenvalue weighted by atomic mass is 10.0. The van der Waals surface area contributed by atoms with Crippen LogP contribution in [0.3, 0.4) is 0 Å². The third kappa shape index (κ3) is 2.98. The number of hydrogen-bond donors (Lipinski definition) is 1. The fourth-order valence-electron chi connectivity index (χ4n) is 1.90. The van der Waals surface area contributed by atoms with Crippen molar-refractivity contribution in [2.24, 2.45) is 0 Å². The number of aryl methyl sites for hydroxylation is 2. The minimum atomic E-state index is 0.779. The maximum atomic E-state index is 5.51. The van der Waals surface area contributed by atoms with Crippen LogP contribution in [0.4, 0.5) is 0 Å². The molecule has 0 spiro atoms. The Bertz CT molecular complexity index is 499. The number of benzene rings is 1. The molecule has 0 unspecified atom stereocenters. The molecule has 0 radical (unpaired) electrons. The molecule has 17 heavy (non-hydrogen) atoms. The molecule has 0 amide bonds. The molecule has 2 nitrogen and oxygen atoms in total. The molecule has 90 valence electrons. The Labute approximate surface area is 103 Å². The van der Waals surface area contributed by atoms with Crippen LogP contribution in [-0.4, -0.2) is 0 Å². The third-order valence-electron chi connectivity index (χ3n) is 3.13. The summed E-state index contributed by atoms with van der Waals surface area (Å²) in [6.45, 7) is 7.95. The normalized spacial score (nSPS) is 10.8. The van der Waals surface area contributed by atoms with E-state index in [1.54, 1.807) is 0 Å². The quantitative estimate of drug-likeness (QED) is 0.868. The lowest BCUT2D eigenvalue weighted by molar-refractivity contribution is 0.461. The summed E-state index contributed by atoms with van der Waals surface area (Å²) in [5, 5.41) is 3.41. The molecular formula is C15H19NO.